The van der Waals surface area contributed by atoms with Crippen LogP contribution in [0.15, 0.2) is 0 Å². The molecule has 1 saturated carbocycles. The first-order chi connectivity index (χ1) is 8.33. The van der Waals surface area contributed by atoms with Gasteiger partial charge in [0, 0.05) is 26.6 Å². The average Bonchev–Trinajstić information content (AvgIpc) is 2.36. The minimum Gasteiger partial charge on any atom is -0.383 e. The third-order valence-electron chi connectivity index (χ3n) is 3.31. The second kappa shape index (κ2) is 9.42. The van der Waals surface area contributed by atoms with Crippen molar-refractivity contribution in [1.29, 1.82) is 0 Å². The molecule has 1 aliphatic carbocycles. The second-order valence-corrected chi connectivity index (χ2v) is 4.80. The van der Waals surface area contributed by atoms with Gasteiger partial charge in [0.2, 0.25) is 5.91 Å². The Hall–Kier alpha value is -0.610. The van der Waals surface area contributed by atoms with Gasteiger partial charge in [-0.3, -0.25) is 4.79 Å². The molecule has 0 aromatic carbocycles. The number of hydrogen-bond acceptors (Lipinski definition) is 3. The molecular formula is C13H26N2O2. The molecule has 0 radical (unpaired) electrons. The summed E-state index contributed by atoms with van der Waals surface area (Å²) >= 11 is 0. The van der Waals surface area contributed by atoms with Crippen LogP contribution in [-0.2, 0) is 9.53 Å². The van der Waals surface area contributed by atoms with Crippen molar-refractivity contribution < 1.29 is 9.53 Å². The van der Waals surface area contributed by atoms with Crippen LogP contribution in [0, 0.1) is 5.92 Å². The highest BCUT2D eigenvalue weighted by Gasteiger charge is 2.12. The van der Waals surface area contributed by atoms with Crippen LogP contribution in [0.1, 0.15) is 38.5 Å². The van der Waals surface area contributed by atoms with Crippen molar-refractivity contribution in [3.8, 4) is 0 Å². The summed E-state index contributed by atoms with van der Waals surface area (Å²) in [6, 6.07) is 0. The number of nitrogens with one attached hydrogen (secondary N) is 2. The van der Waals surface area contributed by atoms with Gasteiger partial charge in [-0.1, -0.05) is 19.3 Å². The molecule has 1 amide bonds. The van der Waals surface area contributed by atoms with E-state index in [1.54, 1.807) is 7.11 Å². The number of rotatable bonds is 8. The van der Waals surface area contributed by atoms with Crippen molar-refractivity contribution in [3.63, 3.8) is 0 Å². The Morgan fingerprint density at radius 2 is 2.00 bits per heavy atom. The molecule has 0 saturated heterocycles. The number of ether oxygens (including phenoxy) is 1. The first-order valence-electron chi connectivity index (χ1n) is 6.79. The molecule has 100 valence electrons. The first-order valence-corrected chi connectivity index (χ1v) is 6.79. The Bertz CT molecular complexity index is 204. The average molecular weight is 242 g/mol. The monoisotopic (exact) mass is 242 g/mol. The van der Waals surface area contributed by atoms with Crippen LogP contribution in [0.25, 0.3) is 0 Å². The van der Waals surface area contributed by atoms with Crippen molar-refractivity contribution in [3.05, 3.63) is 0 Å². The van der Waals surface area contributed by atoms with E-state index in [9.17, 15) is 4.79 Å². The van der Waals surface area contributed by atoms with Crippen LogP contribution in [0.4, 0.5) is 0 Å². The molecule has 0 bridgehead atoms. The number of amides is 1. The molecule has 0 spiro atoms. The van der Waals surface area contributed by atoms with Crippen LogP contribution >= 0.6 is 0 Å². The van der Waals surface area contributed by atoms with Crippen molar-refractivity contribution in [1.82, 2.24) is 10.6 Å². The fourth-order valence-corrected chi connectivity index (χ4v) is 2.28. The largest absolute Gasteiger partial charge is 0.383 e. The molecule has 1 rings (SSSR count). The first kappa shape index (κ1) is 14.5. The van der Waals surface area contributed by atoms with Crippen molar-refractivity contribution in [2.24, 2.45) is 5.92 Å². The van der Waals surface area contributed by atoms with Crippen LogP contribution in [0.2, 0.25) is 0 Å². The van der Waals surface area contributed by atoms with Gasteiger partial charge in [0.05, 0.1) is 6.61 Å². The highest BCUT2D eigenvalue weighted by molar-refractivity contribution is 5.75. The molecule has 0 unspecified atom stereocenters. The maximum Gasteiger partial charge on any atom is 0.221 e. The summed E-state index contributed by atoms with van der Waals surface area (Å²) in [6.07, 6.45) is 7.43. The number of carbonyl (C=O) groups is 1. The van der Waals surface area contributed by atoms with Crippen LogP contribution < -0.4 is 10.6 Å². The van der Waals surface area contributed by atoms with Gasteiger partial charge >= 0.3 is 0 Å². The van der Waals surface area contributed by atoms with Crippen molar-refractivity contribution in [2.75, 3.05) is 33.4 Å². The van der Waals surface area contributed by atoms with Crippen molar-refractivity contribution >= 4 is 5.91 Å². The highest BCUT2D eigenvalue weighted by Crippen LogP contribution is 2.22. The van der Waals surface area contributed by atoms with E-state index in [0.717, 1.165) is 19.0 Å². The summed E-state index contributed by atoms with van der Waals surface area (Å²) in [5.74, 6) is 0.943. The van der Waals surface area contributed by atoms with Gasteiger partial charge in [-0.05, 0) is 25.3 Å². The molecule has 4 nitrogen and oxygen atoms in total. The van der Waals surface area contributed by atoms with Gasteiger partial charge in [0.15, 0.2) is 0 Å². The van der Waals surface area contributed by atoms with Crippen molar-refractivity contribution in [2.45, 2.75) is 38.5 Å². The minimum atomic E-state index is 0.109. The summed E-state index contributed by atoms with van der Waals surface area (Å²) in [5, 5.41) is 6.20. The molecule has 0 aliphatic heterocycles. The summed E-state index contributed by atoms with van der Waals surface area (Å²) < 4.78 is 4.87. The summed E-state index contributed by atoms with van der Waals surface area (Å²) in [4.78, 5) is 11.4. The Balaban J connectivity index is 1.90. The molecule has 1 aliphatic rings. The summed E-state index contributed by atoms with van der Waals surface area (Å²) in [6.45, 7) is 3.06. The molecule has 17 heavy (non-hydrogen) atoms. The predicted octanol–water partition coefficient (Wildman–Crippen LogP) is 1.31. The summed E-state index contributed by atoms with van der Waals surface area (Å²) in [7, 11) is 1.64. The normalized spacial score (nSPS) is 17.0. The smallest absolute Gasteiger partial charge is 0.221 e. The van der Waals surface area contributed by atoms with Gasteiger partial charge in [-0.2, -0.15) is 0 Å². The van der Waals surface area contributed by atoms with Gasteiger partial charge < -0.3 is 15.4 Å². The fourth-order valence-electron chi connectivity index (χ4n) is 2.28. The van der Waals surface area contributed by atoms with Crippen LogP contribution in [0.3, 0.4) is 0 Å². The van der Waals surface area contributed by atoms with Gasteiger partial charge in [-0.25, -0.2) is 0 Å². The Morgan fingerprint density at radius 3 is 2.71 bits per heavy atom. The van der Waals surface area contributed by atoms with Crippen LogP contribution in [-0.4, -0.2) is 39.3 Å². The molecular weight excluding hydrogens is 216 g/mol. The SMILES string of the molecule is COCCNC(=O)CCNCC1CCCCC1. The lowest BCUT2D eigenvalue weighted by atomic mass is 9.89. The Morgan fingerprint density at radius 1 is 1.24 bits per heavy atom. The maximum absolute atomic E-state index is 11.4. The lowest BCUT2D eigenvalue weighted by Gasteiger charge is -2.21. The quantitative estimate of drug-likeness (QED) is 0.631. The zero-order valence-electron chi connectivity index (χ0n) is 11.0. The number of hydrogen-bond donors (Lipinski definition) is 2. The standard InChI is InChI=1S/C13H26N2O2/c1-17-10-9-15-13(16)7-8-14-11-12-5-3-2-4-6-12/h12,14H,2-11H2,1H3,(H,15,16). The lowest BCUT2D eigenvalue weighted by molar-refractivity contribution is -0.121. The molecule has 0 heterocycles. The lowest BCUT2D eigenvalue weighted by Crippen LogP contribution is -2.32. The summed E-state index contributed by atoms with van der Waals surface area (Å²) in [5.41, 5.74) is 0. The van der Waals surface area contributed by atoms with E-state index in [1.807, 2.05) is 0 Å². The predicted molar refractivity (Wildman–Crippen MR) is 68.9 cm³/mol. The van der Waals surface area contributed by atoms with E-state index >= 15 is 0 Å². The Labute approximate surface area is 104 Å². The molecule has 4 heteroatoms. The maximum atomic E-state index is 11.4. The number of methoxy groups -OCH3 is 1. The molecule has 0 atom stereocenters. The minimum absolute atomic E-state index is 0.109. The zero-order chi connectivity index (χ0) is 12.3. The molecule has 0 aromatic heterocycles. The van der Waals surface area contributed by atoms with Crippen LogP contribution in [0.5, 0.6) is 0 Å². The highest BCUT2D eigenvalue weighted by atomic mass is 16.5. The topological polar surface area (TPSA) is 50.4 Å². The van der Waals surface area contributed by atoms with Gasteiger partial charge in [0.25, 0.3) is 0 Å². The second-order valence-electron chi connectivity index (χ2n) is 4.80. The Kier molecular flexibility index (Phi) is 8.01. The third-order valence-corrected chi connectivity index (χ3v) is 3.31. The van der Waals surface area contributed by atoms with E-state index < -0.39 is 0 Å². The molecule has 0 aromatic rings. The van der Waals surface area contributed by atoms with Gasteiger partial charge in [-0.15, -0.1) is 0 Å². The molecule has 1 fully saturated rings. The third kappa shape index (κ3) is 7.34. The van der Waals surface area contributed by atoms with E-state index in [1.165, 1.54) is 32.1 Å². The van der Waals surface area contributed by atoms with E-state index in [0.29, 0.717) is 19.6 Å². The van der Waals surface area contributed by atoms with E-state index in [-0.39, 0.29) is 5.91 Å². The van der Waals surface area contributed by atoms with E-state index in [4.69, 9.17) is 4.74 Å². The molecule has 2 N–H and O–H groups in total. The number of carbonyl (C=O) groups excluding carboxylic acids is 1. The fraction of sp³-hybridized carbons (Fsp3) is 0.923. The van der Waals surface area contributed by atoms with E-state index in [2.05, 4.69) is 10.6 Å². The zero-order valence-corrected chi connectivity index (χ0v) is 11.0. The van der Waals surface area contributed by atoms with Gasteiger partial charge in [0.1, 0.15) is 0 Å².